The lowest BCUT2D eigenvalue weighted by atomic mass is 10.0. The topological polar surface area (TPSA) is 111 Å². The fraction of sp³-hybridized carbons (Fsp3) is 0.261. The second kappa shape index (κ2) is 7.91. The number of rotatable bonds is 5. The van der Waals surface area contributed by atoms with Crippen LogP contribution in [-0.2, 0) is 6.42 Å². The number of phenolic OH excluding ortho intramolecular Hbond substituents is 4. The molecule has 0 atom stereocenters. The average molecular weight is 396 g/mol. The number of hydrogen-bond donors (Lipinski definition) is 4. The molecular weight excluding hydrogens is 372 g/mol. The van der Waals surface area contributed by atoms with Crippen LogP contribution in [0.5, 0.6) is 23.0 Å². The lowest BCUT2D eigenvalue weighted by Gasteiger charge is -2.11. The molecule has 2 aromatic carbocycles. The maximum Gasteiger partial charge on any atom is 0.208 e. The first kappa shape index (κ1) is 20.3. The second-order valence-electron chi connectivity index (χ2n) is 7.41. The van der Waals surface area contributed by atoms with E-state index in [9.17, 15) is 25.2 Å². The molecule has 0 bridgehead atoms. The van der Waals surface area contributed by atoms with Gasteiger partial charge in [0.1, 0.15) is 33.6 Å². The zero-order chi connectivity index (χ0) is 21.3. The normalized spacial score (nSPS) is 11.9. The fourth-order valence-corrected chi connectivity index (χ4v) is 3.26. The summed E-state index contributed by atoms with van der Waals surface area (Å²) >= 11 is 0. The molecule has 0 aliphatic carbocycles. The molecule has 29 heavy (non-hydrogen) atoms. The minimum Gasteiger partial charge on any atom is -0.507 e. The van der Waals surface area contributed by atoms with E-state index in [-0.39, 0.29) is 51.2 Å². The van der Waals surface area contributed by atoms with Crippen molar-refractivity contribution in [2.75, 3.05) is 0 Å². The first-order chi connectivity index (χ1) is 13.7. The SMILES string of the molecule is CC(C)=CCC/C(C)=C\Cc1c(O)cc2oc3c(O)ccc(O)c3c(=O)c2c1O. The van der Waals surface area contributed by atoms with E-state index in [4.69, 9.17) is 4.42 Å². The molecule has 0 saturated carbocycles. The quantitative estimate of drug-likeness (QED) is 0.274. The Morgan fingerprint density at radius 3 is 2.34 bits per heavy atom. The molecule has 0 unspecified atom stereocenters. The summed E-state index contributed by atoms with van der Waals surface area (Å²) in [7, 11) is 0. The third-order valence-electron chi connectivity index (χ3n) is 4.87. The predicted octanol–water partition coefficient (Wildman–Crippen LogP) is 5.00. The number of phenols is 4. The number of allylic oxidation sites excluding steroid dienone is 4. The molecule has 1 aromatic heterocycles. The highest BCUT2D eigenvalue weighted by Crippen LogP contribution is 2.39. The summed E-state index contributed by atoms with van der Waals surface area (Å²) in [5.41, 5.74) is 1.57. The Bertz CT molecular complexity index is 1210. The standard InChI is InChI=1S/C23H24O6/c1-12(2)5-4-6-13(3)7-8-14-17(26)11-18-20(21(14)27)22(28)19-15(24)9-10-16(25)23(19)29-18/h5,7,9-11,24-27H,4,6,8H2,1-3H3/b13-7-. The molecule has 0 radical (unpaired) electrons. The van der Waals surface area contributed by atoms with Crippen LogP contribution in [0.25, 0.3) is 21.9 Å². The summed E-state index contributed by atoms with van der Waals surface area (Å²) in [6.45, 7) is 6.05. The summed E-state index contributed by atoms with van der Waals surface area (Å²) < 4.78 is 5.50. The largest absolute Gasteiger partial charge is 0.507 e. The van der Waals surface area contributed by atoms with E-state index >= 15 is 0 Å². The van der Waals surface area contributed by atoms with E-state index in [2.05, 4.69) is 6.08 Å². The Hall–Kier alpha value is -3.41. The number of aromatic hydroxyl groups is 4. The monoisotopic (exact) mass is 396 g/mol. The van der Waals surface area contributed by atoms with Crippen molar-refractivity contribution in [3.8, 4) is 23.0 Å². The lowest BCUT2D eigenvalue weighted by molar-refractivity contribution is 0.441. The van der Waals surface area contributed by atoms with Gasteiger partial charge in [0.2, 0.25) is 5.43 Å². The van der Waals surface area contributed by atoms with E-state index in [1.807, 2.05) is 26.8 Å². The van der Waals surface area contributed by atoms with Crippen LogP contribution in [0.3, 0.4) is 0 Å². The van der Waals surface area contributed by atoms with Gasteiger partial charge in [-0.15, -0.1) is 0 Å². The molecule has 6 nitrogen and oxygen atoms in total. The molecule has 4 N–H and O–H groups in total. The second-order valence-corrected chi connectivity index (χ2v) is 7.41. The van der Waals surface area contributed by atoms with Gasteiger partial charge in [0.15, 0.2) is 11.3 Å². The molecule has 0 aliphatic heterocycles. The molecule has 3 aromatic rings. The maximum atomic E-state index is 12.9. The Kier molecular flexibility index (Phi) is 5.55. The van der Waals surface area contributed by atoms with Gasteiger partial charge in [-0.25, -0.2) is 0 Å². The van der Waals surface area contributed by atoms with Crippen molar-refractivity contribution in [1.29, 1.82) is 0 Å². The Balaban J connectivity index is 2.10. The van der Waals surface area contributed by atoms with Crippen LogP contribution in [0.4, 0.5) is 0 Å². The molecule has 0 saturated heterocycles. The van der Waals surface area contributed by atoms with Crippen LogP contribution >= 0.6 is 0 Å². The summed E-state index contributed by atoms with van der Waals surface area (Å²) in [6, 6.07) is 3.61. The molecule has 6 heteroatoms. The Labute approximate surface area is 167 Å². The van der Waals surface area contributed by atoms with Crippen LogP contribution in [0, 0.1) is 0 Å². The molecule has 0 spiro atoms. The zero-order valence-corrected chi connectivity index (χ0v) is 16.6. The molecule has 0 amide bonds. The first-order valence-electron chi connectivity index (χ1n) is 9.35. The van der Waals surface area contributed by atoms with Gasteiger partial charge >= 0.3 is 0 Å². The van der Waals surface area contributed by atoms with Crippen LogP contribution in [0.15, 0.2) is 50.7 Å². The minimum atomic E-state index is -0.683. The Morgan fingerprint density at radius 1 is 0.966 bits per heavy atom. The van der Waals surface area contributed by atoms with E-state index in [1.165, 1.54) is 23.8 Å². The van der Waals surface area contributed by atoms with Gasteiger partial charge in [0, 0.05) is 11.6 Å². The molecule has 0 aliphatic rings. The molecule has 152 valence electrons. The average Bonchev–Trinajstić information content (AvgIpc) is 2.63. The van der Waals surface area contributed by atoms with Gasteiger partial charge < -0.3 is 24.8 Å². The highest BCUT2D eigenvalue weighted by molar-refractivity contribution is 5.99. The van der Waals surface area contributed by atoms with Gasteiger partial charge in [-0.2, -0.15) is 0 Å². The highest BCUT2D eigenvalue weighted by Gasteiger charge is 2.21. The predicted molar refractivity (Wildman–Crippen MR) is 113 cm³/mol. The first-order valence-corrected chi connectivity index (χ1v) is 9.35. The van der Waals surface area contributed by atoms with E-state index < -0.39 is 11.2 Å². The summed E-state index contributed by atoms with van der Waals surface area (Å²) in [6.07, 6.45) is 6.02. The van der Waals surface area contributed by atoms with Gasteiger partial charge in [-0.05, 0) is 52.2 Å². The molecule has 1 heterocycles. The fourth-order valence-electron chi connectivity index (χ4n) is 3.26. The van der Waals surface area contributed by atoms with Crippen molar-refractivity contribution in [3.05, 3.63) is 57.3 Å². The molecule has 0 fully saturated rings. The van der Waals surface area contributed by atoms with Crippen molar-refractivity contribution >= 4 is 21.9 Å². The Morgan fingerprint density at radius 2 is 1.66 bits per heavy atom. The molecule has 3 rings (SSSR count). The number of fused-ring (bicyclic) bond motifs is 2. The van der Waals surface area contributed by atoms with Gasteiger partial charge in [-0.1, -0.05) is 23.3 Å². The summed E-state index contributed by atoms with van der Waals surface area (Å²) in [4.78, 5) is 12.9. The van der Waals surface area contributed by atoms with Crippen LogP contribution in [0.1, 0.15) is 39.2 Å². The number of benzene rings is 2. The van der Waals surface area contributed by atoms with Crippen molar-refractivity contribution in [2.24, 2.45) is 0 Å². The van der Waals surface area contributed by atoms with Gasteiger partial charge in [-0.3, -0.25) is 4.79 Å². The van der Waals surface area contributed by atoms with E-state index in [1.54, 1.807) is 0 Å². The minimum absolute atomic E-state index is 0.0774. The zero-order valence-electron chi connectivity index (χ0n) is 16.6. The van der Waals surface area contributed by atoms with Crippen molar-refractivity contribution in [1.82, 2.24) is 0 Å². The smallest absolute Gasteiger partial charge is 0.208 e. The highest BCUT2D eigenvalue weighted by atomic mass is 16.4. The van der Waals surface area contributed by atoms with Crippen molar-refractivity contribution in [3.63, 3.8) is 0 Å². The third-order valence-corrected chi connectivity index (χ3v) is 4.87. The van der Waals surface area contributed by atoms with Gasteiger partial charge in [0.05, 0.1) is 0 Å². The van der Waals surface area contributed by atoms with Crippen LogP contribution < -0.4 is 5.43 Å². The summed E-state index contributed by atoms with van der Waals surface area (Å²) in [5, 5.41) is 40.7. The summed E-state index contributed by atoms with van der Waals surface area (Å²) in [5.74, 6) is -1.30. The van der Waals surface area contributed by atoms with E-state index in [0.29, 0.717) is 0 Å². The third kappa shape index (κ3) is 3.92. The van der Waals surface area contributed by atoms with Crippen molar-refractivity contribution < 1.29 is 24.8 Å². The van der Waals surface area contributed by atoms with Crippen molar-refractivity contribution in [2.45, 2.75) is 40.0 Å². The molecular formula is C23H24O6. The van der Waals surface area contributed by atoms with E-state index in [0.717, 1.165) is 18.4 Å². The maximum absolute atomic E-state index is 12.9. The lowest BCUT2D eigenvalue weighted by Crippen LogP contribution is -2.04. The van der Waals surface area contributed by atoms with Crippen LogP contribution in [-0.4, -0.2) is 20.4 Å². The van der Waals surface area contributed by atoms with Crippen LogP contribution in [0.2, 0.25) is 0 Å². The van der Waals surface area contributed by atoms with Gasteiger partial charge in [0.25, 0.3) is 0 Å². The number of hydrogen-bond acceptors (Lipinski definition) is 6.